The van der Waals surface area contributed by atoms with Crippen molar-refractivity contribution < 1.29 is 0 Å². The molecule has 0 spiro atoms. The summed E-state index contributed by atoms with van der Waals surface area (Å²) in [5, 5.41) is 0. The Labute approximate surface area is 81.4 Å². The van der Waals surface area contributed by atoms with Crippen LogP contribution in [0.25, 0.3) is 0 Å². The van der Waals surface area contributed by atoms with Crippen molar-refractivity contribution in [1.82, 2.24) is 0 Å². The zero-order valence-electron chi connectivity index (χ0n) is 8.63. The Bertz CT molecular complexity index is 197. The summed E-state index contributed by atoms with van der Waals surface area (Å²) in [5.74, 6) is 2.82. The van der Waals surface area contributed by atoms with E-state index in [-0.39, 0.29) is 0 Å². The molecule has 1 nitrogen and oxygen atoms in total. The fraction of sp³-hybridized carbons (Fsp3) is 0.833. The van der Waals surface area contributed by atoms with E-state index < -0.39 is 0 Å². The molecule has 13 heavy (non-hydrogen) atoms. The van der Waals surface area contributed by atoms with Gasteiger partial charge in [0.15, 0.2) is 0 Å². The molecule has 1 heteroatoms. The molecule has 2 aliphatic rings. The van der Waals surface area contributed by atoms with Crippen LogP contribution in [-0.4, -0.2) is 6.04 Å². The molecule has 2 aliphatic carbocycles. The van der Waals surface area contributed by atoms with Crippen molar-refractivity contribution in [2.24, 2.45) is 23.5 Å². The largest absolute Gasteiger partial charge is 0.327 e. The minimum absolute atomic E-state index is 0.408. The Morgan fingerprint density at radius 3 is 2.38 bits per heavy atom. The third-order valence-electron chi connectivity index (χ3n) is 3.80. The van der Waals surface area contributed by atoms with Gasteiger partial charge in [-0.1, -0.05) is 18.4 Å². The summed E-state index contributed by atoms with van der Waals surface area (Å²) in [6.07, 6.45) is 6.81. The quantitative estimate of drug-likeness (QED) is 0.662. The molecule has 2 fully saturated rings. The molecule has 0 heterocycles. The minimum atomic E-state index is 0.408. The van der Waals surface area contributed by atoms with Gasteiger partial charge < -0.3 is 5.73 Å². The van der Waals surface area contributed by atoms with Gasteiger partial charge in [-0.2, -0.15) is 0 Å². The van der Waals surface area contributed by atoms with E-state index in [0.29, 0.717) is 6.04 Å². The molecule has 74 valence electrons. The first-order valence-electron chi connectivity index (χ1n) is 5.60. The molecule has 3 unspecified atom stereocenters. The van der Waals surface area contributed by atoms with E-state index in [1.807, 2.05) is 0 Å². The van der Waals surface area contributed by atoms with Crippen LogP contribution in [0, 0.1) is 17.8 Å². The fourth-order valence-electron chi connectivity index (χ4n) is 3.22. The van der Waals surface area contributed by atoms with Crippen LogP contribution in [0.4, 0.5) is 0 Å². The number of fused-ring (bicyclic) bond motifs is 1. The van der Waals surface area contributed by atoms with E-state index in [0.717, 1.165) is 24.2 Å². The van der Waals surface area contributed by atoms with E-state index in [9.17, 15) is 0 Å². The van der Waals surface area contributed by atoms with Gasteiger partial charge in [-0.05, 0) is 43.9 Å². The van der Waals surface area contributed by atoms with Gasteiger partial charge >= 0.3 is 0 Å². The second kappa shape index (κ2) is 3.45. The minimum Gasteiger partial charge on any atom is -0.327 e. The van der Waals surface area contributed by atoms with Crippen molar-refractivity contribution in [2.45, 2.75) is 45.1 Å². The molecule has 0 amide bonds. The third kappa shape index (κ3) is 1.80. The number of hydrogen-bond donors (Lipinski definition) is 1. The van der Waals surface area contributed by atoms with Crippen LogP contribution in [-0.2, 0) is 0 Å². The first-order valence-corrected chi connectivity index (χ1v) is 5.60. The zero-order valence-corrected chi connectivity index (χ0v) is 8.63. The van der Waals surface area contributed by atoms with Gasteiger partial charge in [0.2, 0.25) is 0 Å². The second-order valence-electron chi connectivity index (χ2n) is 5.01. The molecule has 0 radical (unpaired) electrons. The molecule has 2 rings (SSSR count). The predicted octanol–water partition coefficient (Wildman–Crippen LogP) is 2.72. The highest BCUT2D eigenvalue weighted by atomic mass is 14.7. The van der Waals surface area contributed by atoms with E-state index in [2.05, 4.69) is 13.5 Å². The van der Waals surface area contributed by atoms with Crippen LogP contribution in [0.15, 0.2) is 12.2 Å². The number of nitrogens with two attached hydrogens (primary N) is 1. The summed E-state index contributed by atoms with van der Waals surface area (Å²) in [4.78, 5) is 0. The van der Waals surface area contributed by atoms with Crippen molar-refractivity contribution in [3.05, 3.63) is 12.2 Å². The molecule has 0 saturated heterocycles. The maximum Gasteiger partial charge on any atom is 0.0110 e. The van der Waals surface area contributed by atoms with Crippen molar-refractivity contribution in [1.29, 1.82) is 0 Å². The van der Waals surface area contributed by atoms with E-state index >= 15 is 0 Å². The Morgan fingerprint density at radius 1 is 1.38 bits per heavy atom. The van der Waals surface area contributed by atoms with E-state index in [1.54, 1.807) is 0 Å². The SMILES string of the molecule is C=C(C)CC(N)C1C2CCCCC21. The van der Waals surface area contributed by atoms with Crippen LogP contribution < -0.4 is 5.73 Å². The highest BCUT2D eigenvalue weighted by molar-refractivity contribution is 5.07. The smallest absolute Gasteiger partial charge is 0.0110 e. The fourth-order valence-corrected chi connectivity index (χ4v) is 3.22. The molecule has 0 aromatic heterocycles. The van der Waals surface area contributed by atoms with Gasteiger partial charge in [0.05, 0.1) is 0 Å². The first-order chi connectivity index (χ1) is 6.20. The van der Waals surface area contributed by atoms with E-state index in [4.69, 9.17) is 5.73 Å². The summed E-state index contributed by atoms with van der Waals surface area (Å²) < 4.78 is 0. The molecule has 0 aromatic carbocycles. The summed E-state index contributed by atoms with van der Waals surface area (Å²) in [7, 11) is 0. The molecular weight excluding hydrogens is 158 g/mol. The van der Waals surface area contributed by atoms with Gasteiger partial charge in [0.1, 0.15) is 0 Å². The van der Waals surface area contributed by atoms with Crippen molar-refractivity contribution >= 4 is 0 Å². The Hall–Kier alpha value is -0.300. The molecule has 0 bridgehead atoms. The maximum absolute atomic E-state index is 6.18. The zero-order chi connectivity index (χ0) is 9.42. The highest BCUT2D eigenvalue weighted by Crippen LogP contribution is 2.57. The van der Waals surface area contributed by atoms with E-state index in [1.165, 1.54) is 31.3 Å². The topological polar surface area (TPSA) is 26.0 Å². The van der Waals surface area contributed by atoms with Crippen molar-refractivity contribution in [3.63, 3.8) is 0 Å². The monoisotopic (exact) mass is 179 g/mol. The average molecular weight is 179 g/mol. The van der Waals surface area contributed by atoms with Crippen molar-refractivity contribution in [3.8, 4) is 0 Å². The van der Waals surface area contributed by atoms with Crippen LogP contribution in [0.2, 0.25) is 0 Å². The lowest BCUT2D eigenvalue weighted by molar-refractivity contribution is 0.480. The third-order valence-corrected chi connectivity index (χ3v) is 3.80. The Morgan fingerprint density at radius 2 is 1.92 bits per heavy atom. The van der Waals surface area contributed by atoms with Crippen LogP contribution in [0.1, 0.15) is 39.0 Å². The molecule has 3 atom stereocenters. The van der Waals surface area contributed by atoms with Crippen LogP contribution >= 0.6 is 0 Å². The number of hydrogen-bond acceptors (Lipinski definition) is 1. The van der Waals surface area contributed by atoms with Gasteiger partial charge in [0.25, 0.3) is 0 Å². The van der Waals surface area contributed by atoms with Gasteiger partial charge in [-0.15, -0.1) is 6.58 Å². The Kier molecular flexibility index (Phi) is 2.46. The maximum atomic E-state index is 6.18. The summed E-state index contributed by atoms with van der Waals surface area (Å²) in [6.45, 7) is 6.03. The first kappa shape index (κ1) is 9.26. The lowest BCUT2D eigenvalue weighted by Crippen LogP contribution is -2.24. The van der Waals surface area contributed by atoms with Gasteiger partial charge in [-0.3, -0.25) is 0 Å². The van der Waals surface area contributed by atoms with Crippen molar-refractivity contribution in [2.75, 3.05) is 0 Å². The lowest BCUT2D eigenvalue weighted by Gasteiger charge is -2.10. The molecule has 2 N–H and O–H groups in total. The second-order valence-corrected chi connectivity index (χ2v) is 5.01. The standard InChI is InChI=1S/C12H21N/c1-8(2)7-11(13)12-9-5-3-4-6-10(9)12/h9-12H,1,3-7,13H2,2H3. The van der Waals surface area contributed by atoms with Gasteiger partial charge in [0, 0.05) is 6.04 Å². The number of rotatable bonds is 3. The van der Waals surface area contributed by atoms with Gasteiger partial charge in [-0.25, -0.2) is 0 Å². The molecule has 0 aliphatic heterocycles. The summed E-state index contributed by atoms with van der Waals surface area (Å²) in [5.41, 5.74) is 7.43. The molecular formula is C12H21N. The summed E-state index contributed by atoms with van der Waals surface area (Å²) >= 11 is 0. The highest BCUT2D eigenvalue weighted by Gasteiger charge is 2.52. The Balaban J connectivity index is 1.85. The lowest BCUT2D eigenvalue weighted by atomic mass is 10.0. The normalized spacial score (nSPS) is 39.4. The van der Waals surface area contributed by atoms with Crippen LogP contribution in [0.5, 0.6) is 0 Å². The van der Waals surface area contributed by atoms with Crippen LogP contribution in [0.3, 0.4) is 0 Å². The predicted molar refractivity (Wildman–Crippen MR) is 56.3 cm³/mol. The average Bonchev–Trinajstić information content (AvgIpc) is 2.76. The molecule has 2 saturated carbocycles. The molecule has 0 aromatic rings. The summed E-state index contributed by atoms with van der Waals surface area (Å²) in [6, 6.07) is 0.408.